The highest BCUT2D eigenvalue weighted by atomic mass is 14.1. The van der Waals surface area contributed by atoms with Gasteiger partial charge in [-0.3, -0.25) is 0 Å². The summed E-state index contributed by atoms with van der Waals surface area (Å²) < 4.78 is 0. The molecule has 4 aliphatic carbocycles. The minimum absolute atomic E-state index is 1.03. The number of benzene rings is 2. The van der Waals surface area contributed by atoms with Gasteiger partial charge in [-0.2, -0.15) is 0 Å². The van der Waals surface area contributed by atoms with Gasteiger partial charge in [0.05, 0.1) is 0 Å². The molecule has 0 nitrogen and oxygen atoms in total. The topological polar surface area (TPSA) is 0 Å². The van der Waals surface area contributed by atoms with E-state index in [9.17, 15) is 0 Å². The van der Waals surface area contributed by atoms with Crippen LogP contribution < -0.4 is 0 Å². The van der Waals surface area contributed by atoms with Crippen LogP contribution in [0.25, 0.3) is 0 Å². The van der Waals surface area contributed by atoms with E-state index in [-0.39, 0.29) is 0 Å². The third-order valence-corrected chi connectivity index (χ3v) is 3.74. The highest BCUT2D eigenvalue weighted by molar-refractivity contribution is 5.43. The van der Waals surface area contributed by atoms with Crippen LogP contribution in [0.15, 0.2) is 42.5 Å². The number of aryl methyl sites for hydroxylation is 4. The molecule has 0 heteroatoms. The summed E-state index contributed by atoms with van der Waals surface area (Å²) in [4.78, 5) is 0. The van der Waals surface area contributed by atoms with Crippen molar-refractivity contribution in [1.29, 1.82) is 0 Å². The van der Waals surface area contributed by atoms with Crippen LogP contribution in [0.2, 0.25) is 0 Å². The first-order valence-electron chi connectivity index (χ1n) is 6.51. The second kappa shape index (κ2) is 4.70. The maximum absolute atomic E-state index is 5.62. The fourth-order valence-electron chi connectivity index (χ4n) is 2.57. The maximum Gasteiger partial charge on any atom is 0.0277 e. The molecule has 0 amide bonds. The molecule has 18 heavy (non-hydrogen) atoms. The summed E-state index contributed by atoms with van der Waals surface area (Å²) in [5, 5.41) is 0. The summed E-state index contributed by atoms with van der Waals surface area (Å²) in [6.45, 7) is 0. The van der Waals surface area contributed by atoms with Gasteiger partial charge in [-0.15, -0.1) is 6.42 Å². The number of hydrogen-bond acceptors (Lipinski definition) is 0. The number of rotatable bonds is 0. The molecule has 0 fully saturated rings. The van der Waals surface area contributed by atoms with Crippen LogP contribution in [0.5, 0.6) is 0 Å². The van der Waals surface area contributed by atoms with Crippen LogP contribution >= 0.6 is 0 Å². The SMILES string of the molecule is C#Cc1cc2ccc1CCc1ccc(cc1)CC2. The molecule has 2 aromatic rings. The number of hydrogen-bond donors (Lipinski definition) is 0. The summed E-state index contributed by atoms with van der Waals surface area (Å²) in [6.07, 6.45) is 9.86. The summed E-state index contributed by atoms with van der Waals surface area (Å²) in [5.41, 5.74) is 6.52. The average Bonchev–Trinajstić information content (AvgIpc) is 2.41. The third kappa shape index (κ3) is 2.17. The van der Waals surface area contributed by atoms with Crippen molar-refractivity contribution in [3.05, 3.63) is 70.3 Å². The Labute approximate surface area is 109 Å². The van der Waals surface area contributed by atoms with Crippen LogP contribution in [0, 0.1) is 12.3 Å². The van der Waals surface area contributed by atoms with E-state index in [1.165, 1.54) is 22.3 Å². The molecule has 4 aliphatic rings. The van der Waals surface area contributed by atoms with Crippen molar-refractivity contribution in [3.8, 4) is 12.3 Å². The third-order valence-electron chi connectivity index (χ3n) is 3.74. The first kappa shape index (κ1) is 11.1. The van der Waals surface area contributed by atoms with Gasteiger partial charge in [-0.1, -0.05) is 42.3 Å². The predicted molar refractivity (Wildman–Crippen MR) is 75.6 cm³/mol. The van der Waals surface area contributed by atoms with Crippen molar-refractivity contribution in [1.82, 2.24) is 0 Å². The lowest BCUT2D eigenvalue weighted by Crippen LogP contribution is -2.00. The lowest BCUT2D eigenvalue weighted by atomic mass is 9.94. The fourth-order valence-corrected chi connectivity index (χ4v) is 2.57. The highest BCUT2D eigenvalue weighted by Crippen LogP contribution is 2.18. The smallest absolute Gasteiger partial charge is 0.0277 e. The van der Waals surface area contributed by atoms with Crippen molar-refractivity contribution in [3.63, 3.8) is 0 Å². The molecule has 0 heterocycles. The normalized spacial score (nSPS) is 13.7. The molecule has 0 spiro atoms. The van der Waals surface area contributed by atoms with Gasteiger partial charge in [-0.05, 0) is 54.0 Å². The lowest BCUT2D eigenvalue weighted by molar-refractivity contribution is 0.918. The van der Waals surface area contributed by atoms with Gasteiger partial charge in [0, 0.05) is 5.56 Å². The monoisotopic (exact) mass is 232 g/mol. The Morgan fingerprint density at radius 1 is 0.722 bits per heavy atom. The lowest BCUT2D eigenvalue weighted by Gasteiger charge is -2.11. The molecular weight excluding hydrogens is 216 g/mol. The van der Waals surface area contributed by atoms with E-state index >= 15 is 0 Å². The second-order valence-corrected chi connectivity index (χ2v) is 4.95. The van der Waals surface area contributed by atoms with Crippen LogP contribution in [-0.2, 0) is 25.7 Å². The number of terminal acetylenes is 1. The Bertz CT molecular complexity index is 597. The molecule has 0 N–H and O–H groups in total. The molecule has 0 atom stereocenters. The molecule has 88 valence electrons. The van der Waals surface area contributed by atoms with E-state index in [0.717, 1.165) is 31.2 Å². The average molecular weight is 232 g/mol. The van der Waals surface area contributed by atoms with Crippen molar-refractivity contribution >= 4 is 0 Å². The Balaban J connectivity index is 2.03. The van der Waals surface area contributed by atoms with E-state index in [1.54, 1.807) is 0 Å². The van der Waals surface area contributed by atoms with E-state index in [0.29, 0.717) is 0 Å². The zero-order chi connectivity index (χ0) is 12.4. The van der Waals surface area contributed by atoms with E-state index < -0.39 is 0 Å². The van der Waals surface area contributed by atoms with Crippen molar-refractivity contribution < 1.29 is 0 Å². The minimum atomic E-state index is 1.03. The Morgan fingerprint density at radius 2 is 1.28 bits per heavy atom. The predicted octanol–water partition coefficient (Wildman–Crippen LogP) is 3.55. The van der Waals surface area contributed by atoms with Crippen LogP contribution in [0.1, 0.15) is 27.8 Å². The van der Waals surface area contributed by atoms with Gasteiger partial charge in [0.15, 0.2) is 0 Å². The fraction of sp³-hybridized carbons (Fsp3) is 0.222. The Kier molecular flexibility index (Phi) is 2.90. The second-order valence-electron chi connectivity index (χ2n) is 4.95. The first-order valence-corrected chi connectivity index (χ1v) is 6.51. The molecule has 4 bridgehead atoms. The maximum atomic E-state index is 5.62. The molecule has 0 radical (unpaired) electrons. The zero-order valence-electron chi connectivity index (χ0n) is 10.4. The summed E-state index contributed by atoms with van der Waals surface area (Å²) in [7, 11) is 0. The largest absolute Gasteiger partial charge is 0.115 e. The van der Waals surface area contributed by atoms with E-state index in [4.69, 9.17) is 6.42 Å². The Morgan fingerprint density at radius 3 is 1.94 bits per heavy atom. The van der Waals surface area contributed by atoms with Gasteiger partial charge in [-0.25, -0.2) is 0 Å². The molecule has 0 unspecified atom stereocenters. The summed E-state index contributed by atoms with van der Waals surface area (Å²) in [6, 6.07) is 15.6. The highest BCUT2D eigenvalue weighted by Gasteiger charge is 2.06. The molecule has 0 aliphatic heterocycles. The van der Waals surface area contributed by atoms with Gasteiger partial charge < -0.3 is 0 Å². The van der Waals surface area contributed by atoms with Crippen molar-refractivity contribution in [2.75, 3.05) is 0 Å². The molecular formula is C18H16. The van der Waals surface area contributed by atoms with Crippen molar-refractivity contribution in [2.45, 2.75) is 25.7 Å². The first-order chi connectivity index (χ1) is 8.85. The van der Waals surface area contributed by atoms with Gasteiger partial charge in [0.25, 0.3) is 0 Å². The molecule has 0 saturated heterocycles. The summed E-state index contributed by atoms with van der Waals surface area (Å²) >= 11 is 0. The molecule has 0 saturated carbocycles. The molecule has 2 aromatic carbocycles. The summed E-state index contributed by atoms with van der Waals surface area (Å²) in [5.74, 6) is 2.83. The molecule has 6 rings (SSSR count). The van der Waals surface area contributed by atoms with Crippen LogP contribution in [0.3, 0.4) is 0 Å². The molecule has 0 aromatic heterocycles. The van der Waals surface area contributed by atoms with E-state index in [1.807, 2.05) is 0 Å². The van der Waals surface area contributed by atoms with Gasteiger partial charge in [0.2, 0.25) is 0 Å². The standard InChI is InChI=1S/C18H16/c1-2-17-13-16-8-7-14-3-5-15(6-4-14)9-11-18(17)12-10-16/h1,3-6,10,12-13H,7-9,11H2. The quantitative estimate of drug-likeness (QED) is 0.609. The van der Waals surface area contributed by atoms with Gasteiger partial charge >= 0.3 is 0 Å². The van der Waals surface area contributed by atoms with Crippen LogP contribution in [0.4, 0.5) is 0 Å². The van der Waals surface area contributed by atoms with Crippen molar-refractivity contribution in [2.24, 2.45) is 0 Å². The van der Waals surface area contributed by atoms with E-state index in [2.05, 4.69) is 48.4 Å². The Hall–Kier alpha value is -2.00. The minimum Gasteiger partial charge on any atom is -0.115 e. The van der Waals surface area contributed by atoms with Crippen LogP contribution in [-0.4, -0.2) is 0 Å². The zero-order valence-corrected chi connectivity index (χ0v) is 10.4. The van der Waals surface area contributed by atoms with Gasteiger partial charge in [0.1, 0.15) is 0 Å².